The number of benzene rings is 2. The van der Waals surface area contributed by atoms with Crippen LogP contribution in [0.1, 0.15) is 23.5 Å². The first-order chi connectivity index (χ1) is 17.9. The van der Waals surface area contributed by atoms with E-state index in [9.17, 15) is 4.79 Å². The largest absolute Gasteiger partial charge is 0.459 e. The number of anilines is 2. The monoisotopic (exact) mass is 552 g/mol. The van der Waals surface area contributed by atoms with Crippen LogP contribution in [0.4, 0.5) is 11.4 Å². The predicted molar refractivity (Wildman–Crippen MR) is 149 cm³/mol. The van der Waals surface area contributed by atoms with Gasteiger partial charge >= 0.3 is 0 Å². The summed E-state index contributed by atoms with van der Waals surface area (Å²) in [7, 11) is 1.48. The van der Waals surface area contributed by atoms with Gasteiger partial charge in [0.25, 0.3) is 0 Å². The lowest BCUT2D eigenvalue weighted by Crippen LogP contribution is -2.29. The molecule has 0 unspecified atom stereocenters. The highest BCUT2D eigenvalue weighted by atomic mass is 35.5. The number of rotatable bonds is 7. The van der Waals surface area contributed by atoms with Crippen molar-refractivity contribution in [2.75, 3.05) is 23.9 Å². The SMILES string of the molecule is COCC(=O)Nc1ccc(N2C(=S)N[C@@H](c3ccccn3)[C@H]2c2ccc(-c3ccc(Cl)cc3Cl)o2)cc1. The Kier molecular flexibility index (Phi) is 7.43. The molecule has 2 aromatic carbocycles. The molecule has 2 atom stereocenters. The zero-order valence-electron chi connectivity index (χ0n) is 19.7. The number of halogens is 2. The Labute approximate surface area is 229 Å². The zero-order valence-corrected chi connectivity index (χ0v) is 22.0. The van der Waals surface area contributed by atoms with Crippen molar-refractivity contribution in [3.05, 3.63) is 100 Å². The van der Waals surface area contributed by atoms with Crippen molar-refractivity contribution in [3.63, 3.8) is 0 Å². The Hall–Kier alpha value is -3.43. The van der Waals surface area contributed by atoms with E-state index in [1.54, 1.807) is 18.3 Å². The molecule has 10 heteroatoms. The van der Waals surface area contributed by atoms with Crippen LogP contribution >= 0.6 is 35.4 Å². The van der Waals surface area contributed by atoms with Gasteiger partial charge in [-0.25, -0.2) is 0 Å². The van der Waals surface area contributed by atoms with Crippen LogP contribution in [-0.2, 0) is 9.53 Å². The molecule has 0 bridgehead atoms. The van der Waals surface area contributed by atoms with Crippen LogP contribution in [0.3, 0.4) is 0 Å². The predicted octanol–water partition coefficient (Wildman–Crippen LogP) is 6.41. The van der Waals surface area contributed by atoms with Crippen LogP contribution in [0.2, 0.25) is 10.0 Å². The summed E-state index contributed by atoms with van der Waals surface area (Å²) < 4.78 is 11.2. The Balaban J connectivity index is 1.52. The average molecular weight is 553 g/mol. The standard InChI is InChI=1S/C27H22Cl2N4O3S/c1-35-15-24(34)31-17-6-8-18(9-7-17)33-26(25(32-27(33)37)21-4-2-3-13-30-21)23-12-11-22(36-23)19-10-5-16(28)14-20(19)29/h2-14,25-26H,15H2,1H3,(H,31,34)(H,32,37)/t25-,26+/m0/s1. The molecule has 4 aromatic rings. The summed E-state index contributed by atoms with van der Waals surface area (Å²) in [5.41, 5.74) is 3.04. The van der Waals surface area contributed by atoms with Gasteiger partial charge in [0.2, 0.25) is 5.91 Å². The maximum absolute atomic E-state index is 11.9. The summed E-state index contributed by atoms with van der Waals surface area (Å²) in [6.45, 7) is -0.0197. The summed E-state index contributed by atoms with van der Waals surface area (Å²) in [6.07, 6.45) is 1.75. The second-order valence-corrected chi connectivity index (χ2v) is 9.58. The van der Waals surface area contributed by atoms with E-state index in [0.29, 0.717) is 32.4 Å². The van der Waals surface area contributed by atoms with Crippen molar-refractivity contribution in [1.82, 2.24) is 10.3 Å². The quantitative estimate of drug-likeness (QED) is 0.256. The summed E-state index contributed by atoms with van der Waals surface area (Å²) >= 11 is 18.3. The molecule has 2 aromatic heterocycles. The van der Waals surface area contributed by atoms with Gasteiger partial charge in [-0.2, -0.15) is 0 Å². The number of nitrogens with zero attached hydrogens (tertiary/aromatic N) is 2. The molecular weight excluding hydrogens is 531 g/mol. The molecule has 0 spiro atoms. The first-order valence-corrected chi connectivity index (χ1v) is 12.6. The second-order valence-electron chi connectivity index (χ2n) is 8.35. The number of thiocarbonyl (C=S) groups is 1. The fraction of sp³-hybridized carbons (Fsp3) is 0.148. The highest BCUT2D eigenvalue weighted by Crippen LogP contribution is 2.43. The van der Waals surface area contributed by atoms with Gasteiger partial charge in [0, 0.05) is 35.3 Å². The van der Waals surface area contributed by atoms with Gasteiger partial charge in [-0.15, -0.1) is 0 Å². The lowest BCUT2D eigenvalue weighted by molar-refractivity contribution is -0.119. The van der Waals surface area contributed by atoms with Gasteiger partial charge in [0.15, 0.2) is 5.11 Å². The smallest absolute Gasteiger partial charge is 0.250 e. The van der Waals surface area contributed by atoms with E-state index in [1.165, 1.54) is 7.11 Å². The van der Waals surface area contributed by atoms with E-state index in [0.717, 1.165) is 16.9 Å². The first-order valence-electron chi connectivity index (χ1n) is 11.4. The minimum absolute atomic E-state index is 0.0197. The Morgan fingerprint density at radius 1 is 1.14 bits per heavy atom. The zero-order chi connectivity index (χ0) is 25.9. The van der Waals surface area contributed by atoms with Crippen LogP contribution in [0.15, 0.2) is 83.4 Å². The van der Waals surface area contributed by atoms with E-state index < -0.39 is 0 Å². The van der Waals surface area contributed by atoms with Crippen molar-refractivity contribution >= 4 is 57.8 Å². The first kappa shape index (κ1) is 25.2. The number of amides is 1. The maximum atomic E-state index is 11.9. The number of aromatic nitrogens is 1. The third-order valence-corrected chi connectivity index (χ3v) is 6.78. The number of nitrogens with one attached hydrogen (secondary N) is 2. The lowest BCUT2D eigenvalue weighted by atomic mass is 10.0. The van der Waals surface area contributed by atoms with E-state index in [-0.39, 0.29) is 24.6 Å². The van der Waals surface area contributed by atoms with E-state index in [2.05, 4.69) is 15.6 Å². The molecule has 0 saturated carbocycles. The van der Waals surface area contributed by atoms with Crippen molar-refractivity contribution in [2.24, 2.45) is 0 Å². The molecular formula is C27H22Cl2N4O3S. The van der Waals surface area contributed by atoms with Crippen LogP contribution in [-0.4, -0.2) is 29.7 Å². The van der Waals surface area contributed by atoms with Gasteiger partial charge in [-0.05, 0) is 78.9 Å². The molecule has 188 valence electrons. The minimum Gasteiger partial charge on any atom is -0.459 e. The highest BCUT2D eigenvalue weighted by molar-refractivity contribution is 7.80. The molecule has 1 aliphatic rings. The van der Waals surface area contributed by atoms with Crippen LogP contribution < -0.4 is 15.5 Å². The number of hydrogen-bond donors (Lipinski definition) is 2. The van der Waals surface area contributed by atoms with Crippen LogP contribution in [0.5, 0.6) is 0 Å². The fourth-order valence-corrected chi connectivity index (χ4v) is 5.15. The molecule has 1 saturated heterocycles. The number of pyridine rings is 1. The number of carbonyl (C=O) groups excluding carboxylic acids is 1. The van der Waals surface area contributed by atoms with Gasteiger partial charge in [0.1, 0.15) is 24.2 Å². The number of carbonyl (C=O) groups is 1. The van der Waals surface area contributed by atoms with Gasteiger partial charge < -0.3 is 24.7 Å². The average Bonchev–Trinajstić information content (AvgIpc) is 3.50. The fourth-order valence-electron chi connectivity index (χ4n) is 4.30. The molecule has 37 heavy (non-hydrogen) atoms. The normalized spacial score (nSPS) is 17.1. The summed E-state index contributed by atoms with van der Waals surface area (Å²) in [4.78, 5) is 18.4. The molecule has 0 radical (unpaired) electrons. The number of ether oxygens (including phenoxy) is 1. The Bertz CT molecular complexity index is 1430. The third-order valence-electron chi connectivity index (χ3n) is 5.92. The lowest BCUT2D eigenvalue weighted by Gasteiger charge is -2.26. The van der Waals surface area contributed by atoms with Gasteiger partial charge in [-0.1, -0.05) is 29.3 Å². The Morgan fingerprint density at radius 2 is 1.95 bits per heavy atom. The van der Waals surface area contributed by atoms with Crippen LogP contribution in [0, 0.1) is 0 Å². The minimum atomic E-state index is -0.337. The summed E-state index contributed by atoms with van der Waals surface area (Å²) in [5.74, 6) is 1.07. The van der Waals surface area contributed by atoms with E-state index in [1.807, 2.05) is 65.6 Å². The van der Waals surface area contributed by atoms with E-state index >= 15 is 0 Å². The van der Waals surface area contributed by atoms with Gasteiger partial charge in [0.05, 0.1) is 16.8 Å². The molecule has 1 fully saturated rings. The summed E-state index contributed by atoms with van der Waals surface area (Å²) in [5, 5.41) is 7.78. The van der Waals surface area contributed by atoms with Crippen molar-refractivity contribution in [3.8, 4) is 11.3 Å². The molecule has 7 nitrogen and oxygen atoms in total. The number of methoxy groups -OCH3 is 1. The molecule has 5 rings (SSSR count). The topological polar surface area (TPSA) is 79.6 Å². The van der Waals surface area contributed by atoms with E-state index in [4.69, 9.17) is 44.6 Å². The van der Waals surface area contributed by atoms with Gasteiger partial charge in [-0.3, -0.25) is 9.78 Å². The highest BCUT2D eigenvalue weighted by Gasteiger charge is 2.42. The molecule has 2 N–H and O–H groups in total. The third kappa shape index (κ3) is 5.33. The molecule has 1 aliphatic heterocycles. The number of furan rings is 1. The molecule has 3 heterocycles. The maximum Gasteiger partial charge on any atom is 0.250 e. The second kappa shape index (κ2) is 10.9. The van der Waals surface area contributed by atoms with Crippen molar-refractivity contribution in [1.29, 1.82) is 0 Å². The van der Waals surface area contributed by atoms with Crippen molar-refractivity contribution in [2.45, 2.75) is 12.1 Å². The summed E-state index contributed by atoms with van der Waals surface area (Å²) in [6, 6.07) is 21.7. The van der Waals surface area contributed by atoms with Crippen molar-refractivity contribution < 1.29 is 13.9 Å². The Morgan fingerprint density at radius 3 is 2.65 bits per heavy atom. The molecule has 1 amide bonds. The number of hydrogen-bond acceptors (Lipinski definition) is 5. The van der Waals surface area contributed by atoms with Crippen LogP contribution in [0.25, 0.3) is 11.3 Å². The molecule has 0 aliphatic carbocycles.